The minimum atomic E-state index is 0.407. The summed E-state index contributed by atoms with van der Waals surface area (Å²) < 4.78 is 7.91. The fourth-order valence-electron chi connectivity index (χ4n) is 2.72. The third kappa shape index (κ3) is 1.91. The number of imidazole rings is 1. The highest BCUT2D eigenvalue weighted by Gasteiger charge is 2.33. The molecule has 1 saturated carbocycles. The maximum atomic E-state index is 6.01. The van der Waals surface area contributed by atoms with Crippen molar-refractivity contribution in [1.82, 2.24) is 9.55 Å². The van der Waals surface area contributed by atoms with E-state index in [1.165, 1.54) is 5.52 Å². The van der Waals surface area contributed by atoms with Gasteiger partial charge in [0.2, 0.25) is 0 Å². The van der Waals surface area contributed by atoms with E-state index in [1.807, 2.05) is 19.1 Å². The average molecular weight is 265 g/mol. The Balaban J connectivity index is 1.91. The first-order valence-corrected chi connectivity index (χ1v) is 7.00. The normalized spacial score (nSPS) is 23.2. The summed E-state index contributed by atoms with van der Waals surface area (Å²) in [7, 11) is 0. The molecule has 0 bridgehead atoms. The highest BCUT2D eigenvalue weighted by Crippen LogP contribution is 2.37. The van der Waals surface area contributed by atoms with Gasteiger partial charge in [0, 0.05) is 12.6 Å². The Morgan fingerprint density at radius 1 is 1.39 bits per heavy atom. The van der Waals surface area contributed by atoms with Crippen LogP contribution in [0.5, 0.6) is 0 Å². The van der Waals surface area contributed by atoms with E-state index < -0.39 is 0 Å². The molecule has 3 rings (SSSR count). The molecule has 1 heterocycles. The molecule has 0 aliphatic heterocycles. The van der Waals surface area contributed by atoms with Crippen molar-refractivity contribution >= 4 is 22.6 Å². The van der Waals surface area contributed by atoms with Gasteiger partial charge in [-0.1, -0.05) is 12.1 Å². The second-order valence-corrected chi connectivity index (χ2v) is 4.99. The van der Waals surface area contributed by atoms with E-state index >= 15 is 0 Å². The lowest BCUT2D eigenvalue weighted by Gasteiger charge is -2.36. The summed E-state index contributed by atoms with van der Waals surface area (Å²) in [6, 6.07) is 8.72. The third-order valence-electron chi connectivity index (χ3n) is 3.63. The standard InChI is InChI=1S/C14H17ClN2O/c1-2-18-11-7-10(8-11)17-13-6-4-3-5-12(13)16-14(17)9-15/h3-6,10-11H,2,7-9H2,1H3. The zero-order chi connectivity index (χ0) is 12.5. The monoisotopic (exact) mass is 264 g/mol. The van der Waals surface area contributed by atoms with Crippen molar-refractivity contribution in [2.75, 3.05) is 6.61 Å². The van der Waals surface area contributed by atoms with Crippen LogP contribution >= 0.6 is 11.6 Å². The summed E-state index contributed by atoms with van der Waals surface area (Å²) in [6.45, 7) is 2.84. The van der Waals surface area contributed by atoms with Crippen molar-refractivity contribution in [2.45, 2.75) is 37.8 Å². The molecule has 0 saturated heterocycles. The number of benzene rings is 1. The first kappa shape index (κ1) is 12.0. The zero-order valence-electron chi connectivity index (χ0n) is 10.5. The highest BCUT2D eigenvalue weighted by atomic mass is 35.5. The van der Waals surface area contributed by atoms with Gasteiger partial charge in [-0.2, -0.15) is 0 Å². The average Bonchev–Trinajstić information content (AvgIpc) is 2.71. The van der Waals surface area contributed by atoms with Crippen molar-refractivity contribution in [3.05, 3.63) is 30.1 Å². The summed E-state index contributed by atoms with van der Waals surface area (Å²) in [4.78, 5) is 4.60. The molecule has 0 spiro atoms. The number of alkyl halides is 1. The van der Waals surface area contributed by atoms with Gasteiger partial charge in [0.05, 0.1) is 23.0 Å². The van der Waals surface area contributed by atoms with Crippen LogP contribution in [0.1, 0.15) is 31.6 Å². The van der Waals surface area contributed by atoms with Crippen LogP contribution < -0.4 is 0 Å². The molecule has 1 aromatic heterocycles. The van der Waals surface area contributed by atoms with Crippen LogP contribution in [0.4, 0.5) is 0 Å². The summed E-state index contributed by atoms with van der Waals surface area (Å²) in [6.07, 6.45) is 2.54. The quantitative estimate of drug-likeness (QED) is 0.790. The lowest BCUT2D eigenvalue weighted by molar-refractivity contribution is -0.0192. The predicted molar refractivity (Wildman–Crippen MR) is 73.0 cm³/mol. The first-order valence-electron chi connectivity index (χ1n) is 6.47. The Kier molecular flexibility index (Phi) is 3.27. The van der Waals surface area contributed by atoms with Crippen molar-refractivity contribution in [1.29, 1.82) is 0 Å². The van der Waals surface area contributed by atoms with Crippen molar-refractivity contribution in [3.63, 3.8) is 0 Å². The van der Waals surface area contributed by atoms with Crippen LogP contribution in [0.15, 0.2) is 24.3 Å². The molecule has 1 aromatic carbocycles. The van der Waals surface area contributed by atoms with Crippen LogP contribution in [0.3, 0.4) is 0 Å². The molecule has 4 heteroatoms. The molecule has 96 valence electrons. The number of para-hydroxylation sites is 2. The molecule has 0 amide bonds. The highest BCUT2D eigenvalue weighted by molar-refractivity contribution is 6.16. The number of ether oxygens (including phenoxy) is 1. The van der Waals surface area contributed by atoms with E-state index in [0.717, 1.165) is 30.8 Å². The molecule has 1 fully saturated rings. The maximum absolute atomic E-state index is 6.01. The number of hydrogen-bond donors (Lipinski definition) is 0. The van der Waals surface area contributed by atoms with Gasteiger partial charge < -0.3 is 9.30 Å². The first-order chi connectivity index (χ1) is 8.83. The van der Waals surface area contributed by atoms with E-state index in [9.17, 15) is 0 Å². The maximum Gasteiger partial charge on any atom is 0.125 e. The SMILES string of the molecule is CCOC1CC(n2c(CCl)nc3ccccc32)C1. The summed E-state index contributed by atoms with van der Waals surface area (Å²) >= 11 is 6.01. The zero-order valence-corrected chi connectivity index (χ0v) is 11.2. The molecule has 1 aliphatic carbocycles. The van der Waals surface area contributed by atoms with Gasteiger partial charge >= 0.3 is 0 Å². The Bertz CT molecular complexity index is 546. The number of fused-ring (bicyclic) bond motifs is 1. The van der Waals surface area contributed by atoms with E-state index in [-0.39, 0.29) is 0 Å². The molecule has 1 aliphatic rings. The van der Waals surface area contributed by atoms with E-state index in [0.29, 0.717) is 18.0 Å². The lowest BCUT2D eigenvalue weighted by Crippen LogP contribution is -2.34. The van der Waals surface area contributed by atoms with Gasteiger partial charge in [-0.05, 0) is 31.9 Å². The van der Waals surface area contributed by atoms with E-state index in [1.54, 1.807) is 0 Å². The van der Waals surface area contributed by atoms with Crippen molar-refractivity contribution in [2.24, 2.45) is 0 Å². The molecule has 2 aromatic rings. The molecule has 18 heavy (non-hydrogen) atoms. The van der Waals surface area contributed by atoms with Crippen LogP contribution in [0.25, 0.3) is 11.0 Å². The number of hydrogen-bond acceptors (Lipinski definition) is 2. The third-order valence-corrected chi connectivity index (χ3v) is 3.86. The fourth-order valence-corrected chi connectivity index (χ4v) is 2.91. The van der Waals surface area contributed by atoms with Gasteiger partial charge in [-0.25, -0.2) is 4.98 Å². The van der Waals surface area contributed by atoms with Gasteiger partial charge in [-0.15, -0.1) is 11.6 Å². The smallest absolute Gasteiger partial charge is 0.125 e. The Morgan fingerprint density at radius 3 is 2.89 bits per heavy atom. The van der Waals surface area contributed by atoms with E-state index in [2.05, 4.69) is 21.7 Å². The predicted octanol–water partition coefficient (Wildman–Crippen LogP) is 3.52. The molecule has 0 radical (unpaired) electrons. The number of nitrogens with zero attached hydrogens (tertiary/aromatic N) is 2. The molecule has 0 unspecified atom stereocenters. The van der Waals surface area contributed by atoms with Gasteiger partial charge in [0.15, 0.2) is 0 Å². The Labute approximate surface area is 112 Å². The Morgan fingerprint density at radius 2 is 2.17 bits per heavy atom. The number of aromatic nitrogens is 2. The molecule has 3 nitrogen and oxygen atoms in total. The molecule has 0 atom stereocenters. The largest absolute Gasteiger partial charge is 0.378 e. The molecular weight excluding hydrogens is 248 g/mol. The minimum absolute atomic E-state index is 0.407. The van der Waals surface area contributed by atoms with Crippen LogP contribution in [0, 0.1) is 0 Å². The van der Waals surface area contributed by atoms with Crippen molar-refractivity contribution in [3.8, 4) is 0 Å². The Hall–Kier alpha value is -1.06. The van der Waals surface area contributed by atoms with Crippen LogP contribution in [-0.4, -0.2) is 22.3 Å². The van der Waals surface area contributed by atoms with Gasteiger partial charge in [-0.3, -0.25) is 0 Å². The second kappa shape index (κ2) is 4.90. The summed E-state index contributed by atoms with van der Waals surface area (Å²) in [5, 5.41) is 0. The van der Waals surface area contributed by atoms with Crippen molar-refractivity contribution < 1.29 is 4.74 Å². The van der Waals surface area contributed by atoms with Crippen LogP contribution in [0.2, 0.25) is 0 Å². The van der Waals surface area contributed by atoms with Crippen LogP contribution in [-0.2, 0) is 10.6 Å². The lowest BCUT2D eigenvalue weighted by atomic mass is 9.88. The topological polar surface area (TPSA) is 27.1 Å². The minimum Gasteiger partial charge on any atom is -0.378 e. The second-order valence-electron chi connectivity index (χ2n) is 4.72. The molecular formula is C14H17ClN2O. The number of halogens is 1. The summed E-state index contributed by atoms with van der Waals surface area (Å²) in [5.41, 5.74) is 2.22. The van der Waals surface area contributed by atoms with Gasteiger partial charge in [0.25, 0.3) is 0 Å². The van der Waals surface area contributed by atoms with Gasteiger partial charge in [0.1, 0.15) is 5.82 Å². The van der Waals surface area contributed by atoms with E-state index in [4.69, 9.17) is 16.3 Å². The molecule has 0 N–H and O–H groups in total. The number of rotatable bonds is 4. The summed E-state index contributed by atoms with van der Waals surface area (Å²) in [5.74, 6) is 1.43. The fraction of sp³-hybridized carbons (Fsp3) is 0.500.